The second-order valence-corrected chi connectivity index (χ2v) is 5.12. The Kier molecular flexibility index (Phi) is 4.89. The Morgan fingerprint density at radius 3 is 2.95 bits per heavy atom. The van der Waals surface area contributed by atoms with E-state index in [0.29, 0.717) is 10.8 Å². The summed E-state index contributed by atoms with van der Waals surface area (Å²) >= 11 is 1.24. The van der Waals surface area contributed by atoms with E-state index >= 15 is 0 Å². The molecular formula is C14H16N4O2S. The van der Waals surface area contributed by atoms with Gasteiger partial charge in [-0.3, -0.25) is 5.43 Å². The number of aryl methyl sites for hydroxylation is 1. The van der Waals surface area contributed by atoms with Gasteiger partial charge in [0, 0.05) is 5.38 Å². The molecule has 2 rings (SSSR count). The van der Waals surface area contributed by atoms with Gasteiger partial charge in [0.15, 0.2) is 10.8 Å². The van der Waals surface area contributed by atoms with Crippen LogP contribution in [0.5, 0.6) is 0 Å². The van der Waals surface area contributed by atoms with Crippen LogP contribution < -0.4 is 11.2 Å². The van der Waals surface area contributed by atoms with Crippen molar-refractivity contribution in [1.82, 2.24) is 4.98 Å². The fourth-order valence-corrected chi connectivity index (χ4v) is 2.19. The van der Waals surface area contributed by atoms with Crippen molar-refractivity contribution in [2.45, 2.75) is 13.8 Å². The summed E-state index contributed by atoms with van der Waals surface area (Å²) in [6.45, 7) is 3.98. The standard InChI is InChI=1S/C14H16N4O2S/c1-3-20-13(19)12(11-8-21-14(15)16-11)18-17-10-6-4-5-9(2)7-10/h4-8,17H,3H2,1-2H3,(H2,15,16)/b18-12-. The molecule has 0 amide bonds. The predicted octanol–water partition coefficient (Wildman–Crippen LogP) is 2.41. The van der Waals surface area contributed by atoms with E-state index in [0.717, 1.165) is 11.3 Å². The number of nitrogen functional groups attached to an aromatic ring is 1. The van der Waals surface area contributed by atoms with Gasteiger partial charge in [0.25, 0.3) is 0 Å². The van der Waals surface area contributed by atoms with E-state index in [1.807, 2.05) is 31.2 Å². The van der Waals surface area contributed by atoms with Gasteiger partial charge in [-0.05, 0) is 31.5 Å². The summed E-state index contributed by atoms with van der Waals surface area (Å²) in [5, 5.41) is 6.16. The Hall–Kier alpha value is -2.41. The van der Waals surface area contributed by atoms with Gasteiger partial charge in [0.05, 0.1) is 12.3 Å². The number of carbonyl (C=O) groups excluding carboxylic acids is 1. The number of anilines is 2. The number of carbonyl (C=O) groups is 1. The summed E-state index contributed by atoms with van der Waals surface area (Å²) in [5.41, 5.74) is 10.8. The SMILES string of the molecule is CCOC(=O)/C(=N\Nc1cccc(C)c1)c1csc(N)n1. The molecule has 3 N–H and O–H groups in total. The number of benzene rings is 1. The van der Waals surface area contributed by atoms with Crippen LogP contribution in [0.15, 0.2) is 34.7 Å². The van der Waals surface area contributed by atoms with E-state index in [1.54, 1.807) is 12.3 Å². The van der Waals surface area contributed by atoms with Crippen LogP contribution in [-0.4, -0.2) is 23.3 Å². The molecule has 0 saturated carbocycles. The minimum Gasteiger partial charge on any atom is -0.461 e. The lowest BCUT2D eigenvalue weighted by Crippen LogP contribution is -2.20. The van der Waals surface area contributed by atoms with E-state index in [2.05, 4.69) is 15.5 Å². The van der Waals surface area contributed by atoms with Crippen molar-refractivity contribution < 1.29 is 9.53 Å². The van der Waals surface area contributed by atoms with Crippen LogP contribution in [0.25, 0.3) is 0 Å². The molecule has 0 saturated heterocycles. The summed E-state index contributed by atoms with van der Waals surface area (Å²) < 4.78 is 4.99. The number of esters is 1. The Morgan fingerprint density at radius 1 is 1.52 bits per heavy atom. The third-order valence-electron chi connectivity index (χ3n) is 2.55. The molecule has 0 aliphatic rings. The topological polar surface area (TPSA) is 89.6 Å². The molecule has 0 fully saturated rings. The van der Waals surface area contributed by atoms with E-state index in [4.69, 9.17) is 10.5 Å². The van der Waals surface area contributed by atoms with Gasteiger partial charge in [-0.15, -0.1) is 11.3 Å². The first-order chi connectivity index (χ1) is 10.1. The highest BCUT2D eigenvalue weighted by molar-refractivity contribution is 7.13. The van der Waals surface area contributed by atoms with E-state index < -0.39 is 5.97 Å². The number of hydrogen-bond acceptors (Lipinski definition) is 7. The van der Waals surface area contributed by atoms with E-state index in [1.165, 1.54) is 11.3 Å². The third-order valence-corrected chi connectivity index (χ3v) is 3.22. The smallest absolute Gasteiger partial charge is 0.361 e. The molecule has 0 bridgehead atoms. The zero-order valence-electron chi connectivity index (χ0n) is 11.8. The highest BCUT2D eigenvalue weighted by atomic mass is 32.1. The minimum atomic E-state index is -0.539. The van der Waals surface area contributed by atoms with E-state index in [-0.39, 0.29) is 12.3 Å². The zero-order valence-corrected chi connectivity index (χ0v) is 12.6. The number of ether oxygens (including phenoxy) is 1. The van der Waals surface area contributed by atoms with E-state index in [9.17, 15) is 4.79 Å². The zero-order chi connectivity index (χ0) is 15.2. The molecule has 1 heterocycles. The lowest BCUT2D eigenvalue weighted by molar-refractivity contribution is -0.134. The number of rotatable bonds is 5. The fraction of sp³-hybridized carbons (Fsp3) is 0.214. The first kappa shape index (κ1) is 15.0. The summed E-state index contributed by atoms with van der Waals surface area (Å²) in [4.78, 5) is 16.0. The molecule has 0 atom stereocenters. The van der Waals surface area contributed by atoms with Crippen LogP contribution >= 0.6 is 11.3 Å². The summed E-state index contributed by atoms with van der Waals surface area (Å²) in [5.74, 6) is -0.539. The van der Waals surface area contributed by atoms with Gasteiger partial charge in [-0.25, -0.2) is 9.78 Å². The second kappa shape index (κ2) is 6.85. The molecule has 6 nitrogen and oxygen atoms in total. The Labute approximate surface area is 126 Å². The van der Waals surface area contributed by atoms with Crippen molar-refractivity contribution in [1.29, 1.82) is 0 Å². The van der Waals surface area contributed by atoms with Crippen LogP contribution in [0.2, 0.25) is 0 Å². The van der Waals surface area contributed by atoms with Crippen molar-refractivity contribution in [2.75, 3.05) is 17.8 Å². The van der Waals surface area contributed by atoms with Crippen molar-refractivity contribution in [3.8, 4) is 0 Å². The van der Waals surface area contributed by atoms with Crippen molar-refractivity contribution >= 4 is 33.8 Å². The average molecular weight is 304 g/mol. The largest absolute Gasteiger partial charge is 0.461 e. The molecular weight excluding hydrogens is 288 g/mol. The van der Waals surface area contributed by atoms with Crippen molar-refractivity contribution in [3.05, 3.63) is 40.9 Å². The molecule has 110 valence electrons. The Bertz CT molecular complexity index is 666. The second-order valence-electron chi connectivity index (χ2n) is 4.23. The predicted molar refractivity (Wildman–Crippen MR) is 84.5 cm³/mol. The molecule has 0 spiro atoms. The van der Waals surface area contributed by atoms with Gasteiger partial charge >= 0.3 is 5.97 Å². The first-order valence-corrected chi connectivity index (χ1v) is 7.27. The molecule has 21 heavy (non-hydrogen) atoms. The number of hydrazone groups is 1. The summed E-state index contributed by atoms with van der Waals surface area (Å²) in [6, 6.07) is 7.65. The van der Waals surface area contributed by atoms with Crippen LogP contribution in [0.4, 0.5) is 10.8 Å². The summed E-state index contributed by atoms with van der Waals surface area (Å²) in [6.07, 6.45) is 0. The molecule has 1 aromatic carbocycles. The monoisotopic (exact) mass is 304 g/mol. The lowest BCUT2D eigenvalue weighted by Gasteiger charge is -2.05. The number of nitrogens with one attached hydrogen (secondary N) is 1. The molecule has 0 radical (unpaired) electrons. The molecule has 2 aromatic rings. The molecule has 1 aromatic heterocycles. The van der Waals surface area contributed by atoms with Crippen molar-refractivity contribution in [3.63, 3.8) is 0 Å². The molecule has 0 aliphatic carbocycles. The normalized spacial score (nSPS) is 11.2. The average Bonchev–Trinajstić information content (AvgIpc) is 2.86. The number of aromatic nitrogens is 1. The fourth-order valence-electron chi connectivity index (χ4n) is 1.64. The summed E-state index contributed by atoms with van der Waals surface area (Å²) in [7, 11) is 0. The van der Waals surface area contributed by atoms with Gasteiger partial charge in [-0.2, -0.15) is 5.10 Å². The van der Waals surface area contributed by atoms with Gasteiger partial charge in [0.2, 0.25) is 0 Å². The Balaban J connectivity index is 2.26. The first-order valence-electron chi connectivity index (χ1n) is 6.39. The van der Waals surface area contributed by atoms with Gasteiger partial charge in [-0.1, -0.05) is 12.1 Å². The maximum Gasteiger partial charge on any atom is 0.361 e. The number of nitrogens with two attached hydrogens (primary N) is 1. The van der Waals surface area contributed by atoms with Crippen molar-refractivity contribution in [2.24, 2.45) is 5.10 Å². The number of nitrogens with zero attached hydrogens (tertiary/aromatic N) is 2. The lowest BCUT2D eigenvalue weighted by atomic mass is 10.2. The molecule has 0 unspecified atom stereocenters. The van der Waals surface area contributed by atoms with Gasteiger partial charge in [0.1, 0.15) is 5.69 Å². The van der Waals surface area contributed by atoms with Gasteiger partial charge < -0.3 is 10.5 Å². The minimum absolute atomic E-state index is 0.103. The third kappa shape index (κ3) is 4.03. The highest BCUT2D eigenvalue weighted by Crippen LogP contribution is 2.14. The maximum atomic E-state index is 12.0. The quantitative estimate of drug-likeness (QED) is 0.503. The van der Waals surface area contributed by atoms with Crippen LogP contribution in [0.3, 0.4) is 0 Å². The Morgan fingerprint density at radius 2 is 2.33 bits per heavy atom. The number of hydrogen-bond donors (Lipinski definition) is 2. The van der Waals surface area contributed by atoms with Crippen LogP contribution in [0.1, 0.15) is 18.2 Å². The van der Waals surface area contributed by atoms with Crippen LogP contribution in [-0.2, 0) is 9.53 Å². The number of thiazole rings is 1. The molecule has 0 aliphatic heterocycles. The van der Waals surface area contributed by atoms with Crippen LogP contribution in [0, 0.1) is 6.92 Å². The maximum absolute atomic E-state index is 12.0. The highest BCUT2D eigenvalue weighted by Gasteiger charge is 2.18. The molecule has 7 heteroatoms.